The third-order valence-corrected chi connectivity index (χ3v) is 6.20. The summed E-state index contributed by atoms with van der Waals surface area (Å²) in [6.45, 7) is -0.536. The van der Waals surface area contributed by atoms with E-state index in [1.165, 1.54) is 0 Å². The Morgan fingerprint density at radius 3 is 2.65 bits per heavy atom. The van der Waals surface area contributed by atoms with Crippen LogP contribution in [0.3, 0.4) is 0 Å². The van der Waals surface area contributed by atoms with E-state index in [4.69, 9.17) is 19.5 Å². The van der Waals surface area contributed by atoms with Crippen LogP contribution in [0.15, 0.2) is 24.5 Å². The standard InChI is InChI=1S/C13H20N2O7P/c14-13(7-16)11(18)10(17)12(21-13)23(19)20-6-3-9(22-23)8-1-4-15-5-2-8/h1-2,4-5,9-12,16-19H,3,6-7,14H2/q+1/t9-,10-,11-,12-,13+,23?/m0/s1. The van der Waals surface area contributed by atoms with E-state index in [1.54, 1.807) is 24.5 Å². The summed E-state index contributed by atoms with van der Waals surface area (Å²) in [4.78, 5) is 14.7. The van der Waals surface area contributed by atoms with Gasteiger partial charge in [-0.3, -0.25) is 10.7 Å². The highest BCUT2D eigenvalue weighted by Gasteiger charge is 2.68. The summed E-state index contributed by atoms with van der Waals surface area (Å²) in [7, 11) is -3.66. The zero-order valence-corrected chi connectivity index (χ0v) is 13.1. The smallest absolute Gasteiger partial charge is 0.392 e. The Morgan fingerprint density at radius 1 is 1.35 bits per heavy atom. The fraction of sp³-hybridized carbons (Fsp3) is 0.615. The molecule has 10 heteroatoms. The highest BCUT2D eigenvalue weighted by atomic mass is 31.2. The first kappa shape index (κ1) is 17.1. The highest BCUT2D eigenvalue weighted by Crippen LogP contribution is 2.69. The van der Waals surface area contributed by atoms with Crippen molar-refractivity contribution in [1.29, 1.82) is 0 Å². The van der Waals surface area contributed by atoms with Gasteiger partial charge in [0.2, 0.25) is 0 Å². The number of ether oxygens (including phenoxy) is 1. The van der Waals surface area contributed by atoms with Gasteiger partial charge in [-0.1, -0.05) is 0 Å². The van der Waals surface area contributed by atoms with Crippen molar-refractivity contribution >= 4 is 7.94 Å². The van der Waals surface area contributed by atoms with Crippen molar-refractivity contribution < 1.29 is 34.0 Å². The summed E-state index contributed by atoms with van der Waals surface area (Å²) in [5.74, 6) is -1.36. The van der Waals surface area contributed by atoms with Crippen LogP contribution in [0.25, 0.3) is 0 Å². The minimum atomic E-state index is -3.66. The van der Waals surface area contributed by atoms with Gasteiger partial charge in [-0.2, -0.15) is 13.9 Å². The average Bonchev–Trinajstić information content (AvgIpc) is 2.81. The molecule has 0 amide bonds. The number of aliphatic hydroxyl groups excluding tert-OH is 3. The topological polar surface area (TPSA) is 148 Å². The lowest BCUT2D eigenvalue weighted by Crippen LogP contribution is -2.54. The van der Waals surface area contributed by atoms with E-state index in [9.17, 15) is 20.2 Å². The van der Waals surface area contributed by atoms with Crippen molar-refractivity contribution in [2.24, 2.45) is 5.73 Å². The maximum atomic E-state index is 10.7. The monoisotopic (exact) mass is 347 g/mol. The van der Waals surface area contributed by atoms with Crippen LogP contribution in [-0.4, -0.2) is 62.2 Å². The number of aromatic nitrogens is 1. The van der Waals surface area contributed by atoms with Gasteiger partial charge in [-0.15, -0.1) is 0 Å². The Balaban J connectivity index is 1.81. The number of rotatable bonds is 3. The average molecular weight is 347 g/mol. The van der Waals surface area contributed by atoms with Crippen molar-refractivity contribution in [1.82, 2.24) is 4.98 Å². The molecule has 2 fully saturated rings. The molecular formula is C13H20N2O7P+. The first-order chi connectivity index (χ1) is 10.9. The largest absolute Gasteiger partial charge is 0.443 e. The van der Waals surface area contributed by atoms with Crippen molar-refractivity contribution in [3.05, 3.63) is 30.1 Å². The Bertz CT molecular complexity index is 552. The molecule has 0 bridgehead atoms. The molecule has 0 aliphatic carbocycles. The molecule has 0 spiro atoms. The Morgan fingerprint density at radius 2 is 2.04 bits per heavy atom. The molecule has 23 heavy (non-hydrogen) atoms. The Labute approximate surface area is 133 Å². The molecule has 9 nitrogen and oxygen atoms in total. The third-order valence-electron chi connectivity index (χ3n) is 4.04. The molecular weight excluding hydrogens is 327 g/mol. The fourth-order valence-electron chi connectivity index (χ4n) is 2.69. The molecule has 6 N–H and O–H groups in total. The third kappa shape index (κ3) is 3.00. The molecule has 2 saturated heterocycles. The molecule has 6 atom stereocenters. The van der Waals surface area contributed by atoms with Crippen LogP contribution in [0, 0.1) is 0 Å². The summed E-state index contributed by atoms with van der Waals surface area (Å²) < 4.78 is 16.4. The summed E-state index contributed by atoms with van der Waals surface area (Å²) in [6.07, 6.45) is 0.141. The molecule has 3 heterocycles. The van der Waals surface area contributed by atoms with Crippen LogP contribution in [0.1, 0.15) is 18.1 Å². The summed E-state index contributed by atoms with van der Waals surface area (Å²) in [5.41, 5.74) is 4.62. The van der Waals surface area contributed by atoms with Crippen molar-refractivity contribution in [3.8, 4) is 0 Å². The number of aliphatic hydroxyl groups is 3. The van der Waals surface area contributed by atoms with Gasteiger partial charge in [-0.25, -0.2) is 0 Å². The molecule has 1 unspecified atom stereocenters. The molecule has 3 rings (SSSR count). The lowest BCUT2D eigenvalue weighted by atomic mass is 10.1. The predicted molar refractivity (Wildman–Crippen MR) is 78.7 cm³/mol. The Hall–Kier alpha value is -0.740. The van der Waals surface area contributed by atoms with Crippen molar-refractivity contribution in [2.45, 2.75) is 36.3 Å². The second-order valence-corrected chi connectivity index (χ2v) is 7.72. The van der Waals surface area contributed by atoms with E-state index in [-0.39, 0.29) is 6.61 Å². The normalized spacial score (nSPS) is 44.4. The van der Waals surface area contributed by atoms with Gasteiger partial charge in [0.1, 0.15) is 18.8 Å². The molecule has 0 aromatic carbocycles. The SMILES string of the molecule is N[C@]1(CO)O[C@@H]([P+]2(O)OCC[C@@H](c3ccncc3)O2)[C@@H](O)[C@@H]1O. The minimum absolute atomic E-state index is 0.191. The summed E-state index contributed by atoms with van der Waals surface area (Å²) in [6, 6.07) is 3.50. The van der Waals surface area contributed by atoms with Gasteiger partial charge >= 0.3 is 7.94 Å². The number of pyridine rings is 1. The maximum absolute atomic E-state index is 10.7. The van der Waals surface area contributed by atoms with Crippen LogP contribution in [0.2, 0.25) is 0 Å². The van der Waals surface area contributed by atoms with Gasteiger partial charge in [0.05, 0.1) is 6.61 Å². The van der Waals surface area contributed by atoms with Gasteiger partial charge in [0, 0.05) is 18.8 Å². The van der Waals surface area contributed by atoms with Gasteiger partial charge in [0.25, 0.3) is 5.85 Å². The molecule has 1 aromatic heterocycles. The van der Waals surface area contributed by atoms with E-state index < -0.39 is 44.4 Å². The van der Waals surface area contributed by atoms with E-state index >= 15 is 0 Å². The second-order valence-electron chi connectivity index (χ2n) is 5.62. The number of nitrogens with two attached hydrogens (primary N) is 1. The quantitative estimate of drug-likeness (QED) is 0.436. The fourth-order valence-corrected chi connectivity index (χ4v) is 4.86. The zero-order chi connectivity index (χ0) is 16.7. The molecule has 0 saturated carbocycles. The number of nitrogens with zero attached hydrogens (tertiary/aromatic N) is 1. The Kier molecular flexibility index (Phi) is 4.67. The van der Waals surface area contributed by atoms with Crippen molar-refractivity contribution in [2.75, 3.05) is 13.2 Å². The number of hydrogen-bond donors (Lipinski definition) is 5. The second kappa shape index (κ2) is 6.29. The van der Waals surface area contributed by atoms with Gasteiger partial charge in [0.15, 0.2) is 11.8 Å². The summed E-state index contributed by atoms with van der Waals surface area (Å²) >= 11 is 0. The molecule has 2 aliphatic heterocycles. The number of hydrogen-bond acceptors (Lipinski definition) is 9. The lowest BCUT2D eigenvalue weighted by Gasteiger charge is -2.31. The first-order valence-corrected chi connectivity index (χ1v) is 8.82. The van der Waals surface area contributed by atoms with Gasteiger partial charge < -0.3 is 20.1 Å². The predicted octanol–water partition coefficient (Wildman–Crippen LogP) is -0.960. The molecule has 0 radical (unpaired) electrons. The van der Waals surface area contributed by atoms with Gasteiger partial charge in [-0.05, 0) is 17.7 Å². The van der Waals surface area contributed by atoms with E-state index in [0.717, 1.165) is 5.56 Å². The van der Waals surface area contributed by atoms with Crippen LogP contribution < -0.4 is 5.73 Å². The highest BCUT2D eigenvalue weighted by molar-refractivity contribution is 7.61. The zero-order valence-electron chi connectivity index (χ0n) is 12.2. The van der Waals surface area contributed by atoms with Crippen LogP contribution in [0.4, 0.5) is 0 Å². The van der Waals surface area contributed by atoms with Crippen LogP contribution in [-0.2, 0) is 13.8 Å². The molecule has 128 valence electrons. The van der Waals surface area contributed by atoms with E-state index in [0.29, 0.717) is 6.42 Å². The van der Waals surface area contributed by atoms with Crippen LogP contribution in [0.5, 0.6) is 0 Å². The van der Waals surface area contributed by atoms with E-state index in [1.807, 2.05) is 0 Å². The summed E-state index contributed by atoms with van der Waals surface area (Å²) in [5, 5.41) is 29.3. The lowest BCUT2D eigenvalue weighted by molar-refractivity contribution is -0.102. The first-order valence-electron chi connectivity index (χ1n) is 7.18. The minimum Gasteiger partial charge on any atom is -0.392 e. The molecule has 1 aromatic rings. The van der Waals surface area contributed by atoms with Crippen molar-refractivity contribution in [3.63, 3.8) is 0 Å². The maximum Gasteiger partial charge on any atom is 0.443 e. The van der Waals surface area contributed by atoms with Crippen LogP contribution >= 0.6 is 7.94 Å². The molecule has 2 aliphatic rings. The van der Waals surface area contributed by atoms with E-state index in [2.05, 4.69) is 4.98 Å².